The summed E-state index contributed by atoms with van der Waals surface area (Å²) in [6.45, 7) is 7.34. The highest BCUT2D eigenvalue weighted by atomic mass is 32.1. The number of carbonyl (C=O) groups is 5. The van der Waals surface area contributed by atoms with Gasteiger partial charge in [-0.3, -0.25) is 24.0 Å². The van der Waals surface area contributed by atoms with Crippen LogP contribution in [0.2, 0.25) is 0 Å². The number of carboxylic acids is 1. The molecule has 13 heteroatoms. The number of aliphatic hydroxyl groups excluding tert-OH is 1. The van der Waals surface area contributed by atoms with Crippen molar-refractivity contribution in [3.8, 4) is 10.4 Å². The number of benzene rings is 1. The van der Waals surface area contributed by atoms with Gasteiger partial charge in [0.15, 0.2) is 0 Å². The van der Waals surface area contributed by atoms with Crippen molar-refractivity contribution in [2.45, 2.75) is 84.2 Å². The quantitative estimate of drug-likeness (QED) is 0.230. The minimum Gasteiger partial charge on any atom is -0.481 e. The van der Waals surface area contributed by atoms with E-state index in [1.165, 1.54) is 11.8 Å². The summed E-state index contributed by atoms with van der Waals surface area (Å²) in [7, 11) is 0. The van der Waals surface area contributed by atoms with E-state index in [0.29, 0.717) is 0 Å². The Hall–Kier alpha value is -3.84. The summed E-state index contributed by atoms with van der Waals surface area (Å²) >= 11 is 1.56. The van der Waals surface area contributed by atoms with Gasteiger partial charge in [0.1, 0.15) is 18.1 Å². The van der Waals surface area contributed by atoms with Crippen LogP contribution in [0.3, 0.4) is 0 Å². The minimum atomic E-state index is -1.12. The molecule has 3 rings (SSSR count). The zero-order valence-electron chi connectivity index (χ0n) is 24.3. The van der Waals surface area contributed by atoms with E-state index in [0.717, 1.165) is 21.7 Å². The van der Waals surface area contributed by atoms with E-state index in [1.54, 1.807) is 16.8 Å². The Balaban J connectivity index is 1.59. The van der Waals surface area contributed by atoms with E-state index in [9.17, 15) is 29.1 Å². The predicted octanol–water partition coefficient (Wildman–Crippen LogP) is 1.60. The summed E-state index contributed by atoms with van der Waals surface area (Å²) in [5.74, 6) is -3.22. The number of aryl methyl sites for hydroxylation is 1. The van der Waals surface area contributed by atoms with Crippen molar-refractivity contribution in [1.29, 1.82) is 0 Å². The summed E-state index contributed by atoms with van der Waals surface area (Å²) in [6.07, 6.45) is -1.18. The maximum Gasteiger partial charge on any atom is 0.303 e. The van der Waals surface area contributed by atoms with Gasteiger partial charge in [-0.05, 0) is 37.3 Å². The Bertz CT molecular complexity index is 1280. The van der Waals surface area contributed by atoms with Gasteiger partial charge in [-0.2, -0.15) is 0 Å². The number of nitrogens with zero attached hydrogens (tertiary/aromatic N) is 2. The molecule has 1 saturated heterocycles. The molecule has 1 aromatic carbocycles. The van der Waals surface area contributed by atoms with Gasteiger partial charge < -0.3 is 31.1 Å². The van der Waals surface area contributed by atoms with Crippen LogP contribution in [0.5, 0.6) is 0 Å². The molecule has 5 N–H and O–H groups in total. The first-order valence-electron chi connectivity index (χ1n) is 13.9. The van der Waals surface area contributed by atoms with Gasteiger partial charge >= 0.3 is 5.97 Å². The number of hydrogen-bond acceptors (Lipinski definition) is 8. The van der Waals surface area contributed by atoms with Crippen LogP contribution in [0.4, 0.5) is 0 Å². The monoisotopic (exact) mass is 601 g/mol. The van der Waals surface area contributed by atoms with Gasteiger partial charge in [0.05, 0.1) is 28.6 Å². The number of aromatic nitrogens is 1. The Morgan fingerprint density at radius 2 is 1.76 bits per heavy atom. The van der Waals surface area contributed by atoms with Crippen molar-refractivity contribution in [2.75, 3.05) is 6.54 Å². The third-order valence-electron chi connectivity index (χ3n) is 6.95. The summed E-state index contributed by atoms with van der Waals surface area (Å²) in [5, 5.41) is 27.1. The Morgan fingerprint density at radius 3 is 2.36 bits per heavy atom. The molecule has 1 aliphatic heterocycles. The predicted molar refractivity (Wildman–Crippen MR) is 156 cm³/mol. The van der Waals surface area contributed by atoms with Crippen LogP contribution in [0.25, 0.3) is 10.4 Å². The third kappa shape index (κ3) is 9.08. The second-order valence-electron chi connectivity index (χ2n) is 11.0. The number of carbonyl (C=O) groups excluding carboxylic acids is 4. The molecule has 228 valence electrons. The van der Waals surface area contributed by atoms with Gasteiger partial charge in [-0.1, -0.05) is 38.1 Å². The Morgan fingerprint density at radius 1 is 1.07 bits per heavy atom. The van der Waals surface area contributed by atoms with Crippen LogP contribution in [-0.2, 0) is 30.5 Å². The van der Waals surface area contributed by atoms with E-state index in [4.69, 9.17) is 5.11 Å². The van der Waals surface area contributed by atoms with Gasteiger partial charge in [0.2, 0.25) is 23.6 Å². The van der Waals surface area contributed by atoms with Crippen LogP contribution >= 0.6 is 11.3 Å². The van der Waals surface area contributed by atoms with Crippen molar-refractivity contribution in [3.05, 3.63) is 41.0 Å². The standard InChI is InChI=1S/C29H39N5O7S/c1-16(2)11-22(33-24(36)9-10-25(37)38)27(39)32-18(4)29(41)34-14-21(35)12-23(34)28(40)30-13-19-5-7-20(8-6-19)26-17(3)31-15-42-26/h5-8,15-16,18,21-23,35H,9-14H2,1-4H3,(H,30,40)(H,32,39)(H,33,36)(H,37,38)/t18?,21-,22?,23+/m1/s1. The molecule has 0 bridgehead atoms. The first-order chi connectivity index (χ1) is 19.8. The largest absolute Gasteiger partial charge is 0.481 e. The number of aliphatic hydroxyl groups is 1. The molecule has 0 saturated carbocycles. The van der Waals surface area contributed by atoms with Crippen LogP contribution in [0, 0.1) is 12.8 Å². The first kappa shape index (κ1) is 32.7. The zero-order chi connectivity index (χ0) is 31.0. The second kappa shape index (κ2) is 14.9. The van der Waals surface area contributed by atoms with Crippen LogP contribution in [0.1, 0.15) is 57.7 Å². The molecule has 4 atom stereocenters. The molecule has 1 aromatic heterocycles. The van der Waals surface area contributed by atoms with Crippen LogP contribution in [0.15, 0.2) is 29.8 Å². The third-order valence-corrected chi connectivity index (χ3v) is 7.92. The van der Waals surface area contributed by atoms with E-state index >= 15 is 0 Å². The Kier molecular flexibility index (Phi) is 11.6. The molecule has 2 aromatic rings. The zero-order valence-corrected chi connectivity index (χ0v) is 25.1. The number of nitrogens with one attached hydrogen (secondary N) is 3. The van der Waals surface area contributed by atoms with Crippen LogP contribution in [-0.4, -0.2) is 80.5 Å². The topological polar surface area (TPSA) is 178 Å². The summed E-state index contributed by atoms with van der Waals surface area (Å²) in [5.41, 5.74) is 4.65. The number of likely N-dealkylation sites (tertiary alicyclic amines) is 1. The molecular weight excluding hydrogens is 562 g/mol. The number of carboxylic acid groups (broad SMARTS) is 1. The van der Waals surface area contributed by atoms with E-state index < -0.39 is 53.8 Å². The highest BCUT2D eigenvalue weighted by molar-refractivity contribution is 7.13. The van der Waals surface area contributed by atoms with Crippen molar-refractivity contribution in [2.24, 2.45) is 5.92 Å². The number of hydrogen-bond donors (Lipinski definition) is 5. The fourth-order valence-corrected chi connectivity index (χ4v) is 5.59. The SMILES string of the molecule is Cc1ncsc1-c1ccc(CNC(=O)[C@@H]2C[C@@H](O)CN2C(=O)C(C)NC(=O)C(CC(C)C)NC(=O)CCC(=O)O)cc1. The lowest BCUT2D eigenvalue weighted by Crippen LogP contribution is -2.56. The highest BCUT2D eigenvalue weighted by Gasteiger charge is 2.40. The molecule has 0 aliphatic carbocycles. The molecule has 0 radical (unpaired) electrons. The van der Waals surface area contributed by atoms with Gasteiger partial charge in [0, 0.05) is 25.9 Å². The molecule has 2 unspecified atom stereocenters. The highest BCUT2D eigenvalue weighted by Crippen LogP contribution is 2.27. The average molecular weight is 602 g/mol. The van der Waals surface area contributed by atoms with Gasteiger partial charge in [-0.25, -0.2) is 4.98 Å². The van der Waals surface area contributed by atoms with E-state index in [2.05, 4.69) is 20.9 Å². The molecule has 1 fully saturated rings. The van der Waals surface area contributed by atoms with Crippen molar-refractivity contribution in [3.63, 3.8) is 0 Å². The molecular formula is C29H39N5O7S. The number of aliphatic carboxylic acids is 1. The summed E-state index contributed by atoms with van der Waals surface area (Å²) in [6, 6.07) is 4.83. The molecule has 2 heterocycles. The maximum absolute atomic E-state index is 13.3. The smallest absolute Gasteiger partial charge is 0.303 e. The minimum absolute atomic E-state index is 0.0290. The van der Waals surface area contributed by atoms with E-state index in [1.807, 2.05) is 45.0 Å². The summed E-state index contributed by atoms with van der Waals surface area (Å²) < 4.78 is 0. The van der Waals surface area contributed by atoms with Crippen molar-refractivity contribution in [1.82, 2.24) is 25.8 Å². The fraction of sp³-hybridized carbons (Fsp3) is 0.517. The number of β-amino-alcohol motifs (C(OH)–C–C–N with tert-alkyl or cyclic N) is 1. The molecule has 4 amide bonds. The van der Waals surface area contributed by atoms with Gasteiger partial charge in [-0.15, -0.1) is 11.3 Å². The molecule has 42 heavy (non-hydrogen) atoms. The van der Waals surface area contributed by atoms with Crippen LogP contribution < -0.4 is 16.0 Å². The molecule has 0 spiro atoms. The van der Waals surface area contributed by atoms with Crippen molar-refractivity contribution >= 4 is 40.9 Å². The number of thiazole rings is 1. The lowest BCUT2D eigenvalue weighted by atomic mass is 10.0. The average Bonchev–Trinajstić information content (AvgIpc) is 3.54. The van der Waals surface area contributed by atoms with Gasteiger partial charge in [0.25, 0.3) is 0 Å². The lowest BCUT2D eigenvalue weighted by Gasteiger charge is -2.28. The number of amides is 4. The van der Waals surface area contributed by atoms with Crippen molar-refractivity contribution < 1.29 is 34.2 Å². The Labute approximate surface area is 248 Å². The maximum atomic E-state index is 13.3. The number of rotatable bonds is 13. The molecule has 12 nitrogen and oxygen atoms in total. The normalized spacial score (nSPS) is 17.9. The van der Waals surface area contributed by atoms with E-state index in [-0.39, 0.29) is 44.7 Å². The first-order valence-corrected chi connectivity index (χ1v) is 14.8. The lowest BCUT2D eigenvalue weighted by molar-refractivity contribution is -0.141. The molecule has 1 aliphatic rings. The summed E-state index contributed by atoms with van der Waals surface area (Å²) in [4.78, 5) is 68.9. The fourth-order valence-electron chi connectivity index (χ4n) is 4.78. The second-order valence-corrected chi connectivity index (χ2v) is 11.8.